The van der Waals surface area contributed by atoms with Gasteiger partial charge in [-0.1, -0.05) is 13.8 Å². The Bertz CT molecular complexity index is 418. The van der Waals surface area contributed by atoms with Crippen molar-refractivity contribution >= 4 is 11.6 Å². The fourth-order valence-electron chi connectivity index (χ4n) is 1.51. The lowest BCUT2D eigenvalue weighted by atomic mass is 10.1. The first kappa shape index (κ1) is 14.5. The van der Waals surface area contributed by atoms with E-state index < -0.39 is 5.60 Å². The number of nitrogens with zero attached hydrogens (tertiary/aromatic N) is 2. The fraction of sp³-hybridized carbons (Fsp3) is 0.667. The summed E-state index contributed by atoms with van der Waals surface area (Å²) in [6.07, 6.45) is 1.47. The smallest absolute Gasteiger partial charge is 0.271 e. The molecule has 1 aromatic heterocycles. The van der Waals surface area contributed by atoms with Crippen LogP contribution in [0.2, 0.25) is 0 Å². The number of amides is 1. The Morgan fingerprint density at radius 3 is 2.72 bits per heavy atom. The number of hydrogen-bond donors (Lipinski definition) is 3. The Balaban J connectivity index is 2.81. The minimum Gasteiger partial charge on any atom is -0.396 e. The first-order chi connectivity index (χ1) is 8.20. The first-order valence-electron chi connectivity index (χ1n) is 6.02. The van der Waals surface area contributed by atoms with Crippen LogP contribution in [0.15, 0.2) is 6.20 Å². The van der Waals surface area contributed by atoms with Crippen molar-refractivity contribution in [3.63, 3.8) is 0 Å². The number of nitrogens with one attached hydrogen (secondary N) is 1. The molecule has 0 saturated heterocycles. The maximum Gasteiger partial charge on any atom is 0.271 e. The normalized spacial score (nSPS) is 11.9. The van der Waals surface area contributed by atoms with Crippen LogP contribution >= 0.6 is 0 Å². The van der Waals surface area contributed by atoms with E-state index in [4.69, 9.17) is 5.73 Å². The van der Waals surface area contributed by atoms with Gasteiger partial charge in [-0.2, -0.15) is 5.10 Å². The molecule has 6 nitrogen and oxygen atoms in total. The number of hydrogen-bond acceptors (Lipinski definition) is 4. The van der Waals surface area contributed by atoms with Gasteiger partial charge in [0.15, 0.2) is 0 Å². The number of aliphatic hydroxyl groups is 1. The van der Waals surface area contributed by atoms with Crippen molar-refractivity contribution in [2.45, 2.75) is 39.8 Å². The van der Waals surface area contributed by atoms with E-state index in [1.807, 2.05) is 13.8 Å². The maximum atomic E-state index is 12.0. The third-order valence-electron chi connectivity index (χ3n) is 2.30. The van der Waals surface area contributed by atoms with Crippen LogP contribution in [0.1, 0.15) is 38.2 Å². The Labute approximate surface area is 107 Å². The highest BCUT2D eigenvalue weighted by molar-refractivity contribution is 5.97. The molecule has 1 amide bonds. The van der Waals surface area contributed by atoms with Gasteiger partial charge in [-0.15, -0.1) is 0 Å². The maximum absolute atomic E-state index is 12.0. The summed E-state index contributed by atoms with van der Waals surface area (Å²) in [6.45, 7) is 8.12. The SMILES string of the molecule is CC(C)Cn1ncc(N)c1C(=O)NCC(C)(C)O. The molecule has 1 heterocycles. The van der Waals surface area contributed by atoms with Crippen LogP contribution in [-0.2, 0) is 6.54 Å². The van der Waals surface area contributed by atoms with Crippen molar-refractivity contribution in [3.8, 4) is 0 Å². The van der Waals surface area contributed by atoms with Crippen LogP contribution in [0.5, 0.6) is 0 Å². The van der Waals surface area contributed by atoms with E-state index >= 15 is 0 Å². The molecule has 0 saturated carbocycles. The number of anilines is 1. The van der Waals surface area contributed by atoms with Crippen molar-refractivity contribution < 1.29 is 9.90 Å². The fourth-order valence-corrected chi connectivity index (χ4v) is 1.51. The summed E-state index contributed by atoms with van der Waals surface area (Å²) in [5, 5.41) is 16.3. The highest BCUT2D eigenvalue weighted by atomic mass is 16.3. The zero-order chi connectivity index (χ0) is 13.9. The molecule has 1 rings (SSSR count). The number of nitrogen functional groups attached to an aromatic ring is 1. The first-order valence-corrected chi connectivity index (χ1v) is 6.02. The highest BCUT2D eigenvalue weighted by Gasteiger charge is 2.20. The second kappa shape index (κ2) is 5.39. The minimum absolute atomic E-state index is 0.165. The van der Waals surface area contributed by atoms with E-state index in [1.165, 1.54) is 6.20 Å². The van der Waals surface area contributed by atoms with Crippen molar-refractivity contribution in [2.75, 3.05) is 12.3 Å². The average Bonchev–Trinajstić information content (AvgIpc) is 2.54. The van der Waals surface area contributed by atoms with Crippen LogP contribution in [0.4, 0.5) is 5.69 Å². The molecule has 0 spiro atoms. The summed E-state index contributed by atoms with van der Waals surface area (Å²) < 4.78 is 1.60. The summed E-state index contributed by atoms with van der Waals surface area (Å²) >= 11 is 0. The summed E-state index contributed by atoms with van der Waals surface area (Å²) in [6, 6.07) is 0. The summed E-state index contributed by atoms with van der Waals surface area (Å²) in [7, 11) is 0. The van der Waals surface area contributed by atoms with Crippen molar-refractivity contribution in [3.05, 3.63) is 11.9 Å². The van der Waals surface area contributed by atoms with Crippen LogP contribution in [0.3, 0.4) is 0 Å². The van der Waals surface area contributed by atoms with E-state index in [0.717, 1.165) is 0 Å². The summed E-state index contributed by atoms with van der Waals surface area (Å²) in [5.74, 6) is 0.0536. The predicted octanol–water partition coefficient (Wildman–Crippen LogP) is 0.622. The number of carbonyl (C=O) groups is 1. The van der Waals surface area contributed by atoms with Gasteiger partial charge >= 0.3 is 0 Å². The van der Waals surface area contributed by atoms with Gasteiger partial charge in [-0.3, -0.25) is 9.48 Å². The lowest BCUT2D eigenvalue weighted by Gasteiger charge is -2.18. The van der Waals surface area contributed by atoms with E-state index in [2.05, 4.69) is 10.4 Å². The molecule has 4 N–H and O–H groups in total. The van der Waals surface area contributed by atoms with Crippen LogP contribution in [0, 0.1) is 5.92 Å². The average molecular weight is 254 g/mol. The van der Waals surface area contributed by atoms with Crippen LogP contribution in [0.25, 0.3) is 0 Å². The molecule has 0 aliphatic carbocycles. The lowest BCUT2D eigenvalue weighted by Crippen LogP contribution is -2.39. The molecule has 0 bridgehead atoms. The molecule has 0 aliphatic heterocycles. The molecule has 0 atom stereocenters. The van der Waals surface area contributed by atoms with Crippen molar-refractivity contribution in [1.29, 1.82) is 0 Å². The molecule has 0 aromatic carbocycles. The van der Waals surface area contributed by atoms with E-state index in [1.54, 1.807) is 18.5 Å². The molecular weight excluding hydrogens is 232 g/mol. The standard InChI is InChI=1S/C12H22N4O2/c1-8(2)6-16-10(9(13)5-15-16)11(17)14-7-12(3,4)18/h5,8,18H,6-7,13H2,1-4H3,(H,14,17). The summed E-state index contributed by atoms with van der Waals surface area (Å²) in [5.41, 5.74) is 5.51. The van der Waals surface area contributed by atoms with Gasteiger partial charge in [0.25, 0.3) is 5.91 Å². The van der Waals surface area contributed by atoms with E-state index in [9.17, 15) is 9.90 Å². The zero-order valence-electron chi connectivity index (χ0n) is 11.4. The van der Waals surface area contributed by atoms with Crippen molar-refractivity contribution in [1.82, 2.24) is 15.1 Å². The monoisotopic (exact) mass is 254 g/mol. The van der Waals surface area contributed by atoms with Gasteiger partial charge in [-0.05, 0) is 19.8 Å². The molecule has 18 heavy (non-hydrogen) atoms. The van der Waals surface area contributed by atoms with Gasteiger partial charge in [0.1, 0.15) is 5.69 Å². The second-order valence-electron chi connectivity index (χ2n) is 5.52. The Kier molecular flexibility index (Phi) is 4.34. The third kappa shape index (κ3) is 4.03. The Hall–Kier alpha value is -1.56. The molecule has 0 aliphatic rings. The molecule has 0 radical (unpaired) electrons. The molecule has 0 fully saturated rings. The quantitative estimate of drug-likeness (QED) is 0.718. The Morgan fingerprint density at radius 1 is 1.61 bits per heavy atom. The van der Waals surface area contributed by atoms with Gasteiger partial charge in [0.05, 0.1) is 17.5 Å². The van der Waals surface area contributed by atoms with E-state index in [-0.39, 0.29) is 12.5 Å². The molecule has 6 heteroatoms. The number of aromatic nitrogens is 2. The number of rotatable bonds is 5. The largest absolute Gasteiger partial charge is 0.396 e. The second-order valence-corrected chi connectivity index (χ2v) is 5.52. The molecular formula is C12H22N4O2. The van der Waals surface area contributed by atoms with Crippen LogP contribution in [-0.4, -0.2) is 32.9 Å². The van der Waals surface area contributed by atoms with Crippen LogP contribution < -0.4 is 11.1 Å². The minimum atomic E-state index is -0.951. The number of nitrogens with two attached hydrogens (primary N) is 1. The molecule has 1 aromatic rings. The van der Waals surface area contributed by atoms with Gasteiger partial charge in [0, 0.05) is 13.1 Å². The van der Waals surface area contributed by atoms with E-state index in [0.29, 0.717) is 23.8 Å². The topological polar surface area (TPSA) is 93.2 Å². The third-order valence-corrected chi connectivity index (χ3v) is 2.30. The molecule has 0 unspecified atom stereocenters. The van der Waals surface area contributed by atoms with Crippen molar-refractivity contribution in [2.24, 2.45) is 5.92 Å². The Morgan fingerprint density at radius 2 is 2.22 bits per heavy atom. The lowest BCUT2D eigenvalue weighted by molar-refractivity contribution is 0.0689. The van der Waals surface area contributed by atoms with Gasteiger partial charge in [-0.25, -0.2) is 0 Å². The highest BCUT2D eigenvalue weighted by Crippen LogP contribution is 2.13. The molecule has 102 valence electrons. The van der Waals surface area contributed by atoms with Gasteiger partial charge in [0.2, 0.25) is 0 Å². The summed E-state index contributed by atoms with van der Waals surface area (Å²) in [4.78, 5) is 12.0. The number of carbonyl (C=O) groups excluding carboxylic acids is 1. The predicted molar refractivity (Wildman–Crippen MR) is 70.1 cm³/mol. The zero-order valence-corrected chi connectivity index (χ0v) is 11.4. The van der Waals surface area contributed by atoms with Gasteiger partial charge < -0.3 is 16.2 Å².